The minimum atomic E-state index is -1.01. The summed E-state index contributed by atoms with van der Waals surface area (Å²) in [5.41, 5.74) is 0. The van der Waals surface area contributed by atoms with Gasteiger partial charge in [-0.15, -0.1) is 0 Å². The van der Waals surface area contributed by atoms with Gasteiger partial charge >= 0.3 is 0 Å². The second kappa shape index (κ2) is 3.24. The zero-order valence-corrected chi connectivity index (χ0v) is 11.9. The molecule has 0 radical (unpaired) electrons. The molecule has 0 aromatic carbocycles. The van der Waals surface area contributed by atoms with Gasteiger partial charge in [-0.05, 0) is 6.42 Å². The average molecular weight is 210 g/mol. The van der Waals surface area contributed by atoms with Gasteiger partial charge in [-0.3, -0.25) is 0 Å². The molecule has 0 spiro atoms. The fraction of sp³-hybridized carbons (Fsp3) is 0.636. The minimum Gasteiger partial charge on any atom is -0.0775 e. The van der Waals surface area contributed by atoms with Crippen molar-refractivity contribution in [3.63, 3.8) is 0 Å². The molecule has 0 N–H and O–H groups in total. The van der Waals surface area contributed by atoms with Crippen LogP contribution in [0.3, 0.4) is 0 Å². The van der Waals surface area contributed by atoms with E-state index < -0.39 is 16.1 Å². The summed E-state index contributed by atoms with van der Waals surface area (Å²) in [6.45, 7) is 14.7. The summed E-state index contributed by atoms with van der Waals surface area (Å²) >= 11 is 0. The fourth-order valence-corrected chi connectivity index (χ4v) is 4.34. The maximum Gasteiger partial charge on any atom is 0.0728 e. The van der Waals surface area contributed by atoms with E-state index in [2.05, 4.69) is 51.4 Å². The van der Waals surface area contributed by atoms with E-state index in [4.69, 9.17) is 0 Å². The van der Waals surface area contributed by atoms with E-state index in [9.17, 15) is 0 Å². The molecule has 0 bridgehead atoms. The fourth-order valence-electron chi connectivity index (χ4n) is 1.55. The van der Waals surface area contributed by atoms with Crippen LogP contribution in [-0.4, -0.2) is 16.1 Å². The Hall–Kier alpha value is -0.0862. The molecular weight excluding hydrogens is 188 g/mol. The lowest BCUT2D eigenvalue weighted by molar-refractivity contribution is 1.29. The molecule has 0 aromatic heterocycles. The van der Waals surface area contributed by atoms with Gasteiger partial charge in [0.05, 0.1) is 16.1 Å². The third-order valence-electron chi connectivity index (χ3n) is 2.79. The monoisotopic (exact) mass is 210 g/mol. The van der Waals surface area contributed by atoms with Crippen LogP contribution in [0.15, 0.2) is 22.5 Å². The van der Waals surface area contributed by atoms with Crippen LogP contribution >= 0.6 is 0 Å². The molecule has 74 valence electrons. The van der Waals surface area contributed by atoms with Crippen LogP contribution in [0.5, 0.6) is 0 Å². The van der Waals surface area contributed by atoms with Crippen molar-refractivity contribution in [1.82, 2.24) is 0 Å². The highest BCUT2D eigenvalue weighted by atomic mass is 28.3. The highest BCUT2D eigenvalue weighted by Gasteiger charge is 2.28. The molecule has 0 fully saturated rings. The van der Waals surface area contributed by atoms with Crippen molar-refractivity contribution >= 4 is 16.1 Å². The summed E-state index contributed by atoms with van der Waals surface area (Å²) in [4.78, 5) is 0. The standard InChI is InChI=1S/C11H22Si2/c1-12(2,3)10-7-8-11(9-10)13(4,5)6/h7-8H,9H2,1-6H3. The Kier molecular flexibility index (Phi) is 2.74. The highest BCUT2D eigenvalue weighted by Crippen LogP contribution is 2.32. The highest BCUT2D eigenvalue weighted by molar-refractivity contribution is 6.86. The first-order chi connectivity index (χ1) is 5.71. The lowest BCUT2D eigenvalue weighted by atomic mass is 10.5. The molecule has 0 atom stereocenters. The number of hydrogen-bond donors (Lipinski definition) is 0. The molecular formula is C11H22Si2. The van der Waals surface area contributed by atoms with Crippen molar-refractivity contribution in [1.29, 1.82) is 0 Å². The van der Waals surface area contributed by atoms with Crippen molar-refractivity contribution in [2.45, 2.75) is 45.7 Å². The smallest absolute Gasteiger partial charge is 0.0728 e. The van der Waals surface area contributed by atoms with E-state index in [1.807, 2.05) is 0 Å². The van der Waals surface area contributed by atoms with Crippen LogP contribution in [-0.2, 0) is 0 Å². The molecule has 1 aliphatic carbocycles. The van der Waals surface area contributed by atoms with Gasteiger partial charge in [0.25, 0.3) is 0 Å². The summed E-state index contributed by atoms with van der Waals surface area (Å²) < 4.78 is 0. The van der Waals surface area contributed by atoms with E-state index in [1.165, 1.54) is 6.42 Å². The van der Waals surface area contributed by atoms with Crippen molar-refractivity contribution in [3.8, 4) is 0 Å². The number of hydrogen-bond acceptors (Lipinski definition) is 0. The van der Waals surface area contributed by atoms with E-state index in [-0.39, 0.29) is 0 Å². The number of allylic oxidation sites excluding steroid dienone is 4. The minimum absolute atomic E-state index is 1.01. The van der Waals surface area contributed by atoms with Gasteiger partial charge in [-0.1, -0.05) is 61.8 Å². The maximum absolute atomic E-state index is 2.44. The maximum atomic E-state index is 2.44. The Balaban J connectivity index is 2.71. The second-order valence-corrected chi connectivity index (χ2v) is 16.3. The van der Waals surface area contributed by atoms with Gasteiger partial charge in [0.1, 0.15) is 0 Å². The van der Waals surface area contributed by atoms with E-state index in [0.29, 0.717) is 0 Å². The van der Waals surface area contributed by atoms with Crippen LogP contribution in [0, 0.1) is 0 Å². The quantitative estimate of drug-likeness (QED) is 0.604. The van der Waals surface area contributed by atoms with Crippen LogP contribution < -0.4 is 0 Å². The average Bonchev–Trinajstić information content (AvgIpc) is 2.28. The molecule has 0 nitrogen and oxygen atoms in total. The second-order valence-electron chi connectivity index (χ2n) is 6.06. The van der Waals surface area contributed by atoms with Crippen LogP contribution in [0.4, 0.5) is 0 Å². The molecule has 13 heavy (non-hydrogen) atoms. The molecule has 0 amide bonds. The zero-order valence-electron chi connectivity index (χ0n) is 9.86. The van der Waals surface area contributed by atoms with E-state index in [1.54, 1.807) is 10.4 Å². The molecule has 0 saturated carbocycles. The van der Waals surface area contributed by atoms with Gasteiger partial charge in [-0.2, -0.15) is 0 Å². The molecule has 0 heterocycles. The first kappa shape index (κ1) is 11.0. The van der Waals surface area contributed by atoms with Gasteiger partial charge in [0.15, 0.2) is 0 Å². The predicted molar refractivity (Wildman–Crippen MR) is 67.5 cm³/mol. The summed E-state index contributed by atoms with van der Waals surface area (Å²) in [6.07, 6.45) is 6.10. The lowest BCUT2D eigenvalue weighted by Crippen LogP contribution is -2.27. The predicted octanol–water partition coefficient (Wildman–Crippen LogP) is 4.00. The topological polar surface area (TPSA) is 0 Å². The van der Waals surface area contributed by atoms with Crippen LogP contribution in [0.25, 0.3) is 0 Å². The molecule has 0 aromatic rings. The normalized spacial score (nSPS) is 18.6. The first-order valence-corrected chi connectivity index (χ1v) is 12.1. The van der Waals surface area contributed by atoms with Crippen molar-refractivity contribution in [2.75, 3.05) is 0 Å². The summed E-state index contributed by atoms with van der Waals surface area (Å²) in [5, 5.41) is 3.48. The van der Waals surface area contributed by atoms with Gasteiger partial charge < -0.3 is 0 Å². The third kappa shape index (κ3) is 2.68. The Morgan fingerprint density at radius 1 is 0.769 bits per heavy atom. The van der Waals surface area contributed by atoms with Gasteiger partial charge in [-0.25, -0.2) is 0 Å². The molecule has 0 aliphatic heterocycles. The summed E-state index contributed by atoms with van der Waals surface area (Å²) in [6, 6.07) is 0. The largest absolute Gasteiger partial charge is 0.0775 e. The summed E-state index contributed by atoms with van der Waals surface area (Å²) in [7, 11) is -2.03. The SMILES string of the molecule is C[Si](C)(C)C1=CC=C([Si](C)(C)C)C1. The van der Waals surface area contributed by atoms with E-state index in [0.717, 1.165) is 0 Å². The summed E-state index contributed by atoms with van der Waals surface area (Å²) in [5.74, 6) is 0. The Morgan fingerprint density at radius 2 is 1.08 bits per heavy atom. The van der Waals surface area contributed by atoms with Crippen LogP contribution in [0.2, 0.25) is 39.3 Å². The molecule has 0 unspecified atom stereocenters. The Morgan fingerprint density at radius 3 is 1.23 bits per heavy atom. The third-order valence-corrected chi connectivity index (χ3v) is 7.33. The van der Waals surface area contributed by atoms with Crippen molar-refractivity contribution in [3.05, 3.63) is 22.5 Å². The van der Waals surface area contributed by atoms with Crippen molar-refractivity contribution in [2.24, 2.45) is 0 Å². The molecule has 0 saturated heterocycles. The van der Waals surface area contributed by atoms with E-state index >= 15 is 0 Å². The molecule has 1 rings (SSSR count). The first-order valence-electron chi connectivity index (χ1n) is 5.12. The van der Waals surface area contributed by atoms with Crippen LogP contribution in [0.1, 0.15) is 6.42 Å². The molecule has 2 heteroatoms. The Bertz CT molecular complexity index is 231. The number of rotatable bonds is 2. The van der Waals surface area contributed by atoms with Gasteiger partial charge in [0, 0.05) is 0 Å². The Labute approximate surface area is 84.8 Å². The van der Waals surface area contributed by atoms with Crippen molar-refractivity contribution < 1.29 is 0 Å². The van der Waals surface area contributed by atoms with Gasteiger partial charge in [0.2, 0.25) is 0 Å². The molecule has 1 aliphatic rings. The lowest BCUT2D eigenvalue weighted by Gasteiger charge is -2.23. The zero-order chi connectivity index (χ0) is 10.3.